The highest BCUT2D eigenvalue weighted by Gasteiger charge is 2.09. The van der Waals surface area contributed by atoms with Gasteiger partial charge in [0.25, 0.3) is 5.69 Å². The number of nitro benzene ring substituents is 1. The van der Waals surface area contributed by atoms with E-state index in [0.717, 1.165) is 6.07 Å². The molecule has 0 aliphatic heterocycles. The van der Waals surface area contributed by atoms with Crippen molar-refractivity contribution in [2.75, 3.05) is 5.32 Å². The third kappa shape index (κ3) is 2.97. The second kappa shape index (κ2) is 5.17. The van der Waals surface area contributed by atoms with E-state index in [1.807, 2.05) is 0 Å². The summed E-state index contributed by atoms with van der Waals surface area (Å²) < 4.78 is 13.2. The summed E-state index contributed by atoms with van der Waals surface area (Å²) in [6.07, 6.45) is 4.50. The van der Waals surface area contributed by atoms with Crippen molar-refractivity contribution in [2.24, 2.45) is 0 Å². The van der Waals surface area contributed by atoms with Gasteiger partial charge >= 0.3 is 0 Å². The van der Waals surface area contributed by atoms with Gasteiger partial charge in [0, 0.05) is 12.6 Å². The van der Waals surface area contributed by atoms with Crippen molar-refractivity contribution in [2.45, 2.75) is 6.54 Å². The second-order valence-electron chi connectivity index (χ2n) is 3.56. The summed E-state index contributed by atoms with van der Waals surface area (Å²) in [5.41, 5.74) is 0.867. The Bertz CT molecular complexity index is 562. The number of benzene rings is 1. The van der Waals surface area contributed by atoms with Gasteiger partial charge in [-0.2, -0.15) is 0 Å². The Morgan fingerprint density at radius 2 is 2.00 bits per heavy atom. The number of nitrogens with one attached hydrogen (secondary N) is 1. The number of hydrogen-bond donors (Lipinski definition) is 1. The van der Waals surface area contributed by atoms with E-state index in [2.05, 4.69) is 15.3 Å². The molecule has 6 nitrogen and oxygen atoms in total. The Balaban J connectivity index is 2.12. The fourth-order valence-electron chi connectivity index (χ4n) is 1.44. The van der Waals surface area contributed by atoms with Gasteiger partial charge in [-0.05, 0) is 11.6 Å². The molecule has 1 aromatic carbocycles. The predicted molar refractivity (Wildman–Crippen MR) is 62.4 cm³/mol. The number of halogens is 1. The molecule has 7 heteroatoms. The minimum Gasteiger partial charge on any atom is -0.378 e. The average Bonchev–Trinajstić information content (AvgIpc) is 2.37. The minimum atomic E-state index is -0.634. The maximum absolute atomic E-state index is 13.2. The highest BCUT2D eigenvalue weighted by Crippen LogP contribution is 2.17. The molecule has 0 aliphatic carbocycles. The smallest absolute Gasteiger partial charge is 0.272 e. The summed E-state index contributed by atoms with van der Waals surface area (Å²) in [5.74, 6) is -0.634. The summed E-state index contributed by atoms with van der Waals surface area (Å²) in [4.78, 5) is 17.6. The molecular weight excluding hydrogens is 239 g/mol. The third-order valence-corrected chi connectivity index (χ3v) is 2.21. The number of non-ortho nitro benzene ring substituents is 1. The lowest BCUT2D eigenvalue weighted by atomic mass is 10.2. The number of nitro groups is 1. The van der Waals surface area contributed by atoms with Gasteiger partial charge in [0.15, 0.2) is 0 Å². The van der Waals surface area contributed by atoms with Crippen LogP contribution in [0.5, 0.6) is 0 Å². The maximum atomic E-state index is 13.2. The lowest BCUT2D eigenvalue weighted by molar-refractivity contribution is -0.385. The first kappa shape index (κ1) is 11.9. The van der Waals surface area contributed by atoms with Gasteiger partial charge < -0.3 is 5.32 Å². The topological polar surface area (TPSA) is 81.0 Å². The normalized spacial score (nSPS) is 10.1. The first-order valence-corrected chi connectivity index (χ1v) is 5.08. The van der Waals surface area contributed by atoms with Gasteiger partial charge in [-0.1, -0.05) is 0 Å². The summed E-state index contributed by atoms with van der Waals surface area (Å²) in [7, 11) is 0. The molecule has 0 aliphatic rings. The average molecular weight is 248 g/mol. The van der Waals surface area contributed by atoms with Crippen molar-refractivity contribution in [3.05, 3.63) is 58.4 Å². The van der Waals surface area contributed by atoms with Crippen molar-refractivity contribution < 1.29 is 9.31 Å². The Labute approximate surface area is 102 Å². The Morgan fingerprint density at radius 1 is 1.28 bits per heavy atom. The van der Waals surface area contributed by atoms with E-state index >= 15 is 0 Å². The van der Waals surface area contributed by atoms with Gasteiger partial charge in [-0.15, -0.1) is 0 Å². The Morgan fingerprint density at radius 3 is 2.67 bits per heavy atom. The van der Waals surface area contributed by atoms with Gasteiger partial charge in [0.1, 0.15) is 12.1 Å². The van der Waals surface area contributed by atoms with Gasteiger partial charge in [0.05, 0.1) is 29.1 Å². The van der Waals surface area contributed by atoms with Crippen molar-refractivity contribution in [3.63, 3.8) is 0 Å². The summed E-state index contributed by atoms with van der Waals surface area (Å²) in [5, 5.41) is 13.5. The lowest BCUT2D eigenvalue weighted by Crippen LogP contribution is -2.01. The van der Waals surface area contributed by atoms with Crippen LogP contribution in [0, 0.1) is 15.9 Å². The van der Waals surface area contributed by atoms with E-state index < -0.39 is 10.7 Å². The third-order valence-electron chi connectivity index (χ3n) is 2.21. The summed E-state index contributed by atoms with van der Waals surface area (Å²) in [6.45, 7) is 0.256. The molecule has 0 bridgehead atoms. The van der Waals surface area contributed by atoms with Crippen molar-refractivity contribution in [3.8, 4) is 0 Å². The summed E-state index contributed by atoms with van der Waals surface area (Å²) >= 11 is 0. The molecule has 1 heterocycles. The fraction of sp³-hybridized carbons (Fsp3) is 0.0909. The number of rotatable bonds is 4. The van der Waals surface area contributed by atoms with Crippen molar-refractivity contribution >= 4 is 11.4 Å². The first-order chi connectivity index (χ1) is 8.65. The van der Waals surface area contributed by atoms with E-state index in [9.17, 15) is 14.5 Å². The summed E-state index contributed by atoms with van der Waals surface area (Å²) in [6, 6.07) is 3.44. The van der Waals surface area contributed by atoms with E-state index in [-0.39, 0.29) is 12.2 Å². The highest BCUT2D eigenvalue weighted by molar-refractivity contribution is 5.41. The van der Waals surface area contributed by atoms with E-state index in [0.29, 0.717) is 11.3 Å². The SMILES string of the molecule is O=[N+]([O-])c1cc(F)cc(CNc2cncnc2)c1. The van der Waals surface area contributed by atoms with Gasteiger partial charge in [-0.25, -0.2) is 14.4 Å². The standard InChI is InChI=1S/C11H9FN4O2/c12-9-1-8(2-11(3-9)16(17)18)4-15-10-5-13-7-14-6-10/h1-3,5-7,15H,4H2. The lowest BCUT2D eigenvalue weighted by Gasteiger charge is -2.05. The van der Waals surface area contributed by atoms with Crippen LogP contribution >= 0.6 is 0 Å². The molecule has 0 unspecified atom stereocenters. The van der Waals surface area contributed by atoms with Crippen LogP contribution < -0.4 is 5.32 Å². The van der Waals surface area contributed by atoms with Gasteiger partial charge in [0.2, 0.25) is 0 Å². The molecule has 2 aromatic rings. The van der Waals surface area contributed by atoms with Crippen LogP contribution in [0.25, 0.3) is 0 Å². The molecule has 0 fully saturated rings. The first-order valence-electron chi connectivity index (χ1n) is 5.08. The minimum absolute atomic E-state index is 0.256. The maximum Gasteiger partial charge on any atom is 0.272 e. The zero-order valence-electron chi connectivity index (χ0n) is 9.21. The van der Waals surface area contributed by atoms with Crippen LogP contribution in [0.1, 0.15) is 5.56 Å². The van der Waals surface area contributed by atoms with Crippen LogP contribution in [0.4, 0.5) is 15.8 Å². The molecule has 1 N–H and O–H groups in total. The molecule has 0 saturated heterocycles. The van der Waals surface area contributed by atoms with Crippen LogP contribution in [0.2, 0.25) is 0 Å². The van der Waals surface area contributed by atoms with E-state index in [1.54, 1.807) is 12.4 Å². The van der Waals surface area contributed by atoms with Crippen LogP contribution in [0.15, 0.2) is 36.9 Å². The largest absolute Gasteiger partial charge is 0.378 e. The zero-order chi connectivity index (χ0) is 13.0. The molecule has 0 spiro atoms. The zero-order valence-corrected chi connectivity index (χ0v) is 9.21. The molecule has 0 atom stereocenters. The molecule has 0 amide bonds. The molecule has 1 aromatic heterocycles. The quantitative estimate of drug-likeness (QED) is 0.662. The Kier molecular flexibility index (Phi) is 3.42. The second-order valence-corrected chi connectivity index (χ2v) is 3.56. The van der Waals surface area contributed by atoms with Crippen LogP contribution in [-0.4, -0.2) is 14.9 Å². The molecule has 18 heavy (non-hydrogen) atoms. The molecule has 0 saturated carbocycles. The fourth-order valence-corrected chi connectivity index (χ4v) is 1.44. The predicted octanol–water partition coefficient (Wildman–Crippen LogP) is 2.14. The van der Waals surface area contributed by atoms with Crippen LogP contribution in [0.3, 0.4) is 0 Å². The number of nitrogens with zero attached hydrogens (tertiary/aromatic N) is 3. The van der Waals surface area contributed by atoms with Crippen LogP contribution in [-0.2, 0) is 6.54 Å². The number of hydrogen-bond acceptors (Lipinski definition) is 5. The molecule has 0 radical (unpaired) electrons. The monoisotopic (exact) mass is 248 g/mol. The highest BCUT2D eigenvalue weighted by atomic mass is 19.1. The van der Waals surface area contributed by atoms with Crippen molar-refractivity contribution in [1.82, 2.24) is 9.97 Å². The number of aromatic nitrogens is 2. The van der Waals surface area contributed by atoms with E-state index in [4.69, 9.17) is 0 Å². The van der Waals surface area contributed by atoms with E-state index in [1.165, 1.54) is 18.5 Å². The van der Waals surface area contributed by atoms with Gasteiger partial charge in [-0.3, -0.25) is 10.1 Å². The number of anilines is 1. The molecule has 2 rings (SSSR count). The molecule has 92 valence electrons. The van der Waals surface area contributed by atoms with Crippen molar-refractivity contribution in [1.29, 1.82) is 0 Å². The Hall–Kier alpha value is -2.57. The molecular formula is C11H9FN4O2.